The van der Waals surface area contributed by atoms with E-state index in [0.717, 1.165) is 25.7 Å². The SMILES string of the molecule is CCCCC(CN)NC(=O)C1CC1(C)C. The fourth-order valence-corrected chi connectivity index (χ4v) is 1.92. The third kappa shape index (κ3) is 3.49. The lowest BCUT2D eigenvalue weighted by molar-refractivity contribution is -0.123. The van der Waals surface area contributed by atoms with Gasteiger partial charge in [0.25, 0.3) is 0 Å². The lowest BCUT2D eigenvalue weighted by Gasteiger charge is -2.17. The van der Waals surface area contributed by atoms with Crippen molar-refractivity contribution in [3.63, 3.8) is 0 Å². The van der Waals surface area contributed by atoms with Crippen LogP contribution in [-0.2, 0) is 4.79 Å². The highest BCUT2D eigenvalue weighted by Crippen LogP contribution is 2.51. The summed E-state index contributed by atoms with van der Waals surface area (Å²) in [5.41, 5.74) is 5.85. The van der Waals surface area contributed by atoms with Gasteiger partial charge in [-0.3, -0.25) is 4.79 Å². The van der Waals surface area contributed by atoms with E-state index in [-0.39, 0.29) is 23.3 Å². The number of nitrogens with one attached hydrogen (secondary N) is 1. The maximum absolute atomic E-state index is 11.8. The van der Waals surface area contributed by atoms with Crippen molar-refractivity contribution < 1.29 is 4.79 Å². The maximum Gasteiger partial charge on any atom is 0.223 e. The van der Waals surface area contributed by atoms with Crippen molar-refractivity contribution in [3.05, 3.63) is 0 Å². The second kappa shape index (κ2) is 4.97. The van der Waals surface area contributed by atoms with E-state index in [0.29, 0.717) is 6.54 Å². The molecule has 0 aromatic rings. The van der Waals surface area contributed by atoms with Crippen LogP contribution in [0.25, 0.3) is 0 Å². The van der Waals surface area contributed by atoms with Gasteiger partial charge in [0.1, 0.15) is 0 Å². The number of unbranched alkanes of at least 4 members (excludes halogenated alkanes) is 1. The first-order valence-corrected chi connectivity index (χ1v) is 6.01. The molecule has 0 spiro atoms. The van der Waals surface area contributed by atoms with Crippen molar-refractivity contribution in [1.82, 2.24) is 5.32 Å². The summed E-state index contributed by atoms with van der Waals surface area (Å²) >= 11 is 0. The monoisotopic (exact) mass is 212 g/mol. The molecule has 1 saturated carbocycles. The van der Waals surface area contributed by atoms with Gasteiger partial charge in [-0.2, -0.15) is 0 Å². The number of amides is 1. The Labute approximate surface area is 92.8 Å². The molecule has 0 aromatic carbocycles. The molecule has 0 aromatic heterocycles. The van der Waals surface area contributed by atoms with E-state index in [1.54, 1.807) is 0 Å². The number of nitrogens with two attached hydrogens (primary N) is 1. The molecule has 3 N–H and O–H groups in total. The summed E-state index contributed by atoms with van der Waals surface area (Å²) in [6, 6.07) is 0.175. The molecule has 1 amide bonds. The fraction of sp³-hybridized carbons (Fsp3) is 0.917. The Morgan fingerprint density at radius 2 is 2.20 bits per heavy atom. The molecule has 15 heavy (non-hydrogen) atoms. The Bertz CT molecular complexity index is 226. The minimum Gasteiger partial charge on any atom is -0.352 e. The summed E-state index contributed by atoms with van der Waals surface area (Å²) in [5.74, 6) is 0.416. The first-order valence-electron chi connectivity index (χ1n) is 6.01. The molecule has 0 saturated heterocycles. The summed E-state index contributed by atoms with van der Waals surface area (Å²) in [6.07, 6.45) is 4.31. The predicted molar refractivity (Wildman–Crippen MR) is 62.4 cm³/mol. The van der Waals surface area contributed by atoms with Gasteiger partial charge in [0.15, 0.2) is 0 Å². The van der Waals surface area contributed by atoms with E-state index in [2.05, 4.69) is 26.1 Å². The number of carbonyl (C=O) groups is 1. The molecule has 88 valence electrons. The Morgan fingerprint density at radius 3 is 2.60 bits per heavy atom. The number of hydrogen-bond acceptors (Lipinski definition) is 2. The molecular weight excluding hydrogens is 188 g/mol. The second-order valence-electron chi connectivity index (χ2n) is 5.33. The average molecular weight is 212 g/mol. The van der Waals surface area contributed by atoms with Crippen LogP contribution in [0.4, 0.5) is 0 Å². The zero-order chi connectivity index (χ0) is 11.5. The predicted octanol–water partition coefficient (Wildman–Crippen LogP) is 1.67. The zero-order valence-corrected chi connectivity index (χ0v) is 10.2. The van der Waals surface area contributed by atoms with Gasteiger partial charge in [0, 0.05) is 18.5 Å². The highest BCUT2D eigenvalue weighted by Gasteiger charge is 2.50. The van der Waals surface area contributed by atoms with Crippen LogP contribution in [0.1, 0.15) is 46.5 Å². The Hall–Kier alpha value is -0.570. The molecule has 1 rings (SSSR count). The zero-order valence-electron chi connectivity index (χ0n) is 10.2. The smallest absolute Gasteiger partial charge is 0.223 e. The molecule has 0 bridgehead atoms. The van der Waals surface area contributed by atoms with Gasteiger partial charge in [-0.1, -0.05) is 33.6 Å². The summed E-state index contributed by atoms with van der Waals surface area (Å²) in [5, 5.41) is 3.06. The van der Waals surface area contributed by atoms with E-state index >= 15 is 0 Å². The van der Waals surface area contributed by atoms with Gasteiger partial charge in [0.2, 0.25) is 5.91 Å². The molecule has 0 aliphatic heterocycles. The molecule has 2 unspecified atom stereocenters. The normalized spacial score (nSPS) is 24.7. The van der Waals surface area contributed by atoms with Crippen LogP contribution < -0.4 is 11.1 Å². The number of carbonyl (C=O) groups excluding carboxylic acids is 1. The Balaban J connectivity index is 2.29. The van der Waals surface area contributed by atoms with Crippen molar-refractivity contribution >= 4 is 5.91 Å². The summed E-state index contributed by atoms with van der Waals surface area (Å²) in [6.45, 7) is 6.99. The summed E-state index contributed by atoms with van der Waals surface area (Å²) in [7, 11) is 0. The van der Waals surface area contributed by atoms with E-state index < -0.39 is 0 Å². The summed E-state index contributed by atoms with van der Waals surface area (Å²) < 4.78 is 0. The van der Waals surface area contributed by atoms with Crippen molar-refractivity contribution in [1.29, 1.82) is 0 Å². The maximum atomic E-state index is 11.8. The third-order valence-corrected chi connectivity index (χ3v) is 3.37. The first-order chi connectivity index (χ1) is 7.01. The van der Waals surface area contributed by atoms with Crippen molar-refractivity contribution in [3.8, 4) is 0 Å². The topological polar surface area (TPSA) is 55.1 Å². The van der Waals surface area contributed by atoms with Crippen LogP contribution in [-0.4, -0.2) is 18.5 Å². The minimum atomic E-state index is 0.175. The average Bonchev–Trinajstić information content (AvgIpc) is 2.82. The van der Waals surface area contributed by atoms with Crippen LogP contribution in [0.5, 0.6) is 0 Å². The lowest BCUT2D eigenvalue weighted by Crippen LogP contribution is -2.41. The van der Waals surface area contributed by atoms with Crippen LogP contribution in [0.2, 0.25) is 0 Å². The molecule has 0 heterocycles. The molecule has 1 fully saturated rings. The van der Waals surface area contributed by atoms with E-state index in [4.69, 9.17) is 5.73 Å². The lowest BCUT2D eigenvalue weighted by atomic mass is 10.1. The molecule has 1 aliphatic carbocycles. The van der Waals surface area contributed by atoms with Crippen LogP contribution >= 0.6 is 0 Å². The Kier molecular flexibility index (Phi) is 4.14. The summed E-state index contributed by atoms with van der Waals surface area (Å²) in [4.78, 5) is 11.8. The van der Waals surface area contributed by atoms with E-state index in [1.807, 2.05) is 0 Å². The highest BCUT2D eigenvalue weighted by molar-refractivity contribution is 5.82. The van der Waals surface area contributed by atoms with E-state index in [1.165, 1.54) is 0 Å². The van der Waals surface area contributed by atoms with Crippen molar-refractivity contribution in [2.75, 3.05) is 6.54 Å². The molecule has 0 radical (unpaired) electrons. The number of rotatable bonds is 6. The second-order valence-corrected chi connectivity index (χ2v) is 5.33. The van der Waals surface area contributed by atoms with Crippen LogP contribution in [0.15, 0.2) is 0 Å². The molecular formula is C12H24N2O. The van der Waals surface area contributed by atoms with Gasteiger partial charge in [-0.25, -0.2) is 0 Å². The molecule has 3 heteroatoms. The van der Waals surface area contributed by atoms with Gasteiger partial charge in [-0.15, -0.1) is 0 Å². The van der Waals surface area contributed by atoms with Gasteiger partial charge < -0.3 is 11.1 Å². The van der Waals surface area contributed by atoms with E-state index in [9.17, 15) is 4.79 Å². The standard InChI is InChI=1S/C12H24N2O/c1-4-5-6-9(8-13)14-11(15)10-7-12(10,2)3/h9-10H,4-8,13H2,1-3H3,(H,14,15). The third-order valence-electron chi connectivity index (χ3n) is 3.37. The van der Waals surface area contributed by atoms with Gasteiger partial charge in [-0.05, 0) is 18.3 Å². The molecule has 1 aliphatic rings. The van der Waals surface area contributed by atoms with Gasteiger partial charge >= 0.3 is 0 Å². The quantitative estimate of drug-likeness (QED) is 0.703. The van der Waals surface area contributed by atoms with Crippen molar-refractivity contribution in [2.45, 2.75) is 52.5 Å². The molecule has 3 nitrogen and oxygen atoms in total. The van der Waals surface area contributed by atoms with Crippen molar-refractivity contribution in [2.24, 2.45) is 17.1 Å². The van der Waals surface area contributed by atoms with Crippen LogP contribution in [0, 0.1) is 11.3 Å². The first kappa shape index (κ1) is 12.5. The largest absolute Gasteiger partial charge is 0.352 e. The van der Waals surface area contributed by atoms with Crippen LogP contribution in [0.3, 0.4) is 0 Å². The van der Waals surface area contributed by atoms with Gasteiger partial charge in [0.05, 0.1) is 0 Å². The number of hydrogen-bond donors (Lipinski definition) is 2. The Morgan fingerprint density at radius 1 is 1.60 bits per heavy atom. The fourth-order valence-electron chi connectivity index (χ4n) is 1.92. The molecule has 2 atom stereocenters. The highest BCUT2D eigenvalue weighted by atomic mass is 16.2. The minimum absolute atomic E-state index is 0.175.